The van der Waals surface area contributed by atoms with Crippen molar-refractivity contribution in [2.24, 2.45) is 0 Å². The summed E-state index contributed by atoms with van der Waals surface area (Å²) in [7, 11) is 1.62. The maximum Gasteiger partial charge on any atom is 0.187 e. The molecule has 2 heterocycles. The summed E-state index contributed by atoms with van der Waals surface area (Å²) >= 11 is 0. The van der Waals surface area contributed by atoms with Gasteiger partial charge in [-0.1, -0.05) is 310 Å². The Labute approximate surface area is 495 Å². The number of aliphatic hydroxyl groups excluding tert-OH is 3. The van der Waals surface area contributed by atoms with Crippen molar-refractivity contribution >= 4 is 0 Å². The lowest BCUT2D eigenvalue weighted by Crippen LogP contribution is -2.63. The Bertz CT molecular complexity index is 1250. The van der Waals surface area contributed by atoms with E-state index in [4.69, 9.17) is 37.9 Å². The minimum absolute atomic E-state index is 0.0478. The molecular formula is C69H136O11. The van der Waals surface area contributed by atoms with Crippen molar-refractivity contribution in [1.29, 1.82) is 0 Å². The predicted molar refractivity (Wildman–Crippen MR) is 333 cm³/mol. The standard InChI is InChI=1S/C69H136O11/c1-6-10-14-18-22-26-30-34-38-42-46-50-54-74-64-62(71)60(58-70)79-69(67(64)77-57-53-49-45-41-37-33-29-25-21-17-13-9-4)78-59-61-63(72)65(75-55-51-47-43-39-35-31-27-23-19-15-11-7-2)66(68(73-5)80-61)76-56-52-48-44-40-36-32-28-24-20-16-12-8-3/h60-72H,6-59H2,1-5H3/t60-,61-,62-,63-,64+,65+,66-,67-,68+,69-/m1/s1. The fourth-order valence-corrected chi connectivity index (χ4v) is 12.0. The number of hydrogen-bond donors (Lipinski definition) is 3. The fourth-order valence-electron chi connectivity index (χ4n) is 12.0. The van der Waals surface area contributed by atoms with Gasteiger partial charge in [0.2, 0.25) is 0 Å². The van der Waals surface area contributed by atoms with Gasteiger partial charge in [0.1, 0.15) is 48.8 Å². The van der Waals surface area contributed by atoms with Crippen LogP contribution in [0.4, 0.5) is 0 Å². The van der Waals surface area contributed by atoms with Crippen LogP contribution in [0.1, 0.15) is 336 Å². The Hall–Kier alpha value is -0.440. The Morgan fingerprint density at radius 3 is 0.762 bits per heavy atom. The van der Waals surface area contributed by atoms with Crippen LogP contribution in [0.15, 0.2) is 0 Å². The molecule has 0 aromatic carbocycles. The lowest BCUT2D eigenvalue weighted by Gasteiger charge is -2.46. The molecule has 0 unspecified atom stereocenters. The van der Waals surface area contributed by atoms with Gasteiger partial charge in [-0.05, 0) is 25.7 Å². The van der Waals surface area contributed by atoms with E-state index in [1.807, 2.05) is 0 Å². The Balaban J connectivity index is 2.07. The third-order valence-corrected chi connectivity index (χ3v) is 17.3. The van der Waals surface area contributed by atoms with E-state index in [2.05, 4.69) is 27.7 Å². The first-order chi connectivity index (χ1) is 39.5. The highest BCUT2D eigenvalue weighted by atomic mass is 16.7. The van der Waals surface area contributed by atoms with Crippen molar-refractivity contribution in [2.75, 3.05) is 46.8 Å². The average Bonchev–Trinajstić information content (AvgIpc) is 3.49. The van der Waals surface area contributed by atoms with Crippen LogP contribution in [0, 0.1) is 0 Å². The van der Waals surface area contributed by atoms with Crippen LogP contribution < -0.4 is 0 Å². The van der Waals surface area contributed by atoms with Crippen LogP contribution >= 0.6 is 0 Å². The zero-order valence-electron chi connectivity index (χ0n) is 53.6. The summed E-state index contributed by atoms with van der Waals surface area (Å²) in [5.41, 5.74) is 0. The van der Waals surface area contributed by atoms with E-state index in [0.717, 1.165) is 51.4 Å². The molecule has 2 aliphatic rings. The molecule has 10 atom stereocenters. The van der Waals surface area contributed by atoms with Crippen molar-refractivity contribution < 1.29 is 53.2 Å². The number of aliphatic hydroxyl groups is 3. The van der Waals surface area contributed by atoms with Crippen LogP contribution in [-0.2, 0) is 37.9 Å². The summed E-state index contributed by atoms with van der Waals surface area (Å²) in [6.07, 6.45) is 52.0. The normalized spacial score (nSPS) is 23.4. The molecule has 2 aliphatic heterocycles. The van der Waals surface area contributed by atoms with Gasteiger partial charge in [-0.2, -0.15) is 0 Å². The number of methoxy groups -OCH3 is 1. The van der Waals surface area contributed by atoms with Crippen LogP contribution in [-0.4, -0.2) is 123 Å². The number of ether oxygens (including phenoxy) is 8. The van der Waals surface area contributed by atoms with Gasteiger partial charge in [0.05, 0.1) is 13.2 Å². The minimum Gasteiger partial charge on any atom is -0.394 e. The predicted octanol–water partition coefficient (Wildman–Crippen LogP) is 18.2. The third kappa shape index (κ3) is 38.6. The molecule has 0 radical (unpaired) electrons. The molecule has 0 spiro atoms. The molecule has 0 bridgehead atoms. The number of hydrogen-bond acceptors (Lipinski definition) is 11. The summed E-state index contributed by atoms with van der Waals surface area (Å²) in [6, 6.07) is 0. The highest BCUT2D eigenvalue weighted by Gasteiger charge is 2.50. The maximum absolute atomic E-state index is 12.2. The number of rotatable bonds is 61. The number of unbranched alkanes of at least 4 members (excludes halogenated alkanes) is 44. The molecule has 2 fully saturated rings. The van der Waals surface area contributed by atoms with Crippen LogP contribution in [0.25, 0.3) is 0 Å². The quantitative estimate of drug-likeness (QED) is 0.0503. The van der Waals surface area contributed by atoms with Gasteiger partial charge in [-0.25, -0.2) is 0 Å². The van der Waals surface area contributed by atoms with E-state index in [1.165, 1.54) is 257 Å². The summed E-state index contributed by atoms with van der Waals surface area (Å²) < 4.78 is 51.7. The topological polar surface area (TPSA) is 135 Å². The molecule has 80 heavy (non-hydrogen) atoms. The first kappa shape index (κ1) is 75.7. The van der Waals surface area contributed by atoms with Gasteiger partial charge in [0.15, 0.2) is 12.6 Å². The summed E-state index contributed by atoms with van der Waals surface area (Å²) in [5.74, 6) is 0. The minimum atomic E-state index is -1.10. The van der Waals surface area contributed by atoms with E-state index in [0.29, 0.717) is 26.4 Å². The molecule has 2 saturated heterocycles. The second kappa shape index (κ2) is 56.4. The highest BCUT2D eigenvalue weighted by Crippen LogP contribution is 2.32. The molecule has 0 amide bonds. The second-order valence-electron chi connectivity index (χ2n) is 24.7. The molecule has 0 saturated carbocycles. The van der Waals surface area contributed by atoms with E-state index in [-0.39, 0.29) is 6.61 Å². The van der Waals surface area contributed by atoms with Crippen molar-refractivity contribution in [1.82, 2.24) is 0 Å². The zero-order chi connectivity index (χ0) is 57.6. The molecule has 11 nitrogen and oxygen atoms in total. The third-order valence-electron chi connectivity index (χ3n) is 17.3. The molecule has 3 N–H and O–H groups in total. The fraction of sp³-hybridized carbons (Fsp3) is 1.00. The summed E-state index contributed by atoms with van der Waals surface area (Å²) in [6.45, 7) is 10.7. The smallest absolute Gasteiger partial charge is 0.187 e. The van der Waals surface area contributed by atoms with Crippen molar-refractivity contribution in [2.45, 2.75) is 397 Å². The first-order valence-electron chi connectivity index (χ1n) is 35.4. The van der Waals surface area contributed by atoms with Gasteiger partial charge in [-0.3, -0.25) is 0 Å². The molecule has 0 aromatic heterocycles. The highest BCUT2D eigenvalue weighted by molar-refractivity contribution is 4.94. The largest absolute Gasteiger partial charge is 0.394 e. The Morgan fingerprint density at radius 1 is 0.275 bits per heavy atom. The lowest BCUT2D eigenvalue weighted by molar-refractivity contribution is -0.341. The van der Waals surface area contributed by atoms with E-state index in [1.54, 1.807) is 7.11 Å². The van der Waals surface area contributed by atoms with E-state index in [9.17, 15) is 15.3 Å². The molecule has 0 aliphatic carbocycles. The van der Waals surface area contributed by atoms with Crippen LogP contribution in [0.5, 0.6) is 0 Å². The van der Waals surface area contributed by atoms with Gasteiger partial charge in [0, 0.05) is 33.5 Å². The molecule has 478 valence electrons. The molecule has 2 rings (SSSR count). The van der Waals surface area contributed by atoms with E-state index < -0.39 is 68.0 Å². The SMILES string of the molecule is CCCCCCCCCCCCCCO[C@H]1[C@H](OC[C@H]2O[C@H](OC)[C@H](OCCCCCCCCCCCCCC)[C@@H](OCCCCCCCCCCCCCC)[C@@H]2O)O[C@H](CO)[C@@H](O)[C@@H]1OCCCCCCCCCCCCCC. The van der Waals surface area contributed by atoms with Gasteiger partial charge >= 0.3 is 0 Å². The molecule has 0 aromatic rings. The van der Waals surface area contributed by atoms with Crippen molar-refractivity contribution in [3.05, 3.63) is 0 Å². The Kier molecular flexibility index (Phi) is 53.3. The average molecular weight is 1140 g/mol. The molecular weight excluding hydrogens is 1000 g/mol. The zero-order valence-corrected chi connectivity index (χ0v) is 53.6. The van der Waals surface area contributed by atoms with Gasteiger partial charge < -0.3 is 53.2 Å². The summed E-state index contributed by atoms with van der Waals surface area (Å²) in [5, 5.41) is 34.3. The maximum atomic E-state index is 12.2. The van der Waals surface area contributed by atoms with Gasteiger partial charge in [0.25, 0.3) is 0 Å². The van der Waals surface area contributed by atoms with E-state index >= 15 is 0 Å². The van der Waals surface area contributed by atoms with Crippen molar-refractivity contribution in [3.8, 4) is 0 Å². The van der Waals surface area contributed by atoms with Crippen molar-refractivity contribution in [3.63, 3.8) is 0 Å². The lowest BCUT2D eigenvalue weighted by atomic mass is 9.97. The van der Waals surface area contributed by atoms with Gasteiger partial charge in [-0.15, -0.1) is 0 Å². The Morgan fingerprint density at radius 2 is 0.500 bits per heavy atom. The monoisotopic (exact) mass is 1140 g/mol. The second-order valence-corrected chi connectivity index (χ2v) is 24.7. The first-order valence-corrected chi connectivity index (χ1v) is 35.4. The van der Waals surface area contributed by atoms with Crippen LogP contribution in [0.2, 0.25) is 0 Å². The summed E-state index contributed by atoms with van der Waals surface area (Å²) in [4.78, 5) is 0. The molecule has 11 heteroatoms. The van der Waals surface area contributed by atoms with Crippen LogP contribution in [0.3, 0.4) is 0 Å².